The van der Waals surface area contributed by atoms with Crippen molar-refractivity contribution in [3.63, 3.8) is 0 Å². The number of nitrogens with zero attached hydrogens (tertiary/aromatic N) is 4. The molecule has 516 valence electrons. The van der Waals surface area contributed by atoms with Crippen LogP contribution >= 0.6 is 0 Å². The van der Waals surface area contributed by atoms with E-state index in [0.717, 1.165) is 135 Å². The Morgan fingerprint density at radius 3 is 0.476 bits per heavy atom. The molecule has 0 atom stereocenters. The van der Waals surface area contributed by atoms with Gasteiger partial charge in [0, 0.05) is 68.2 Å². The molecule has 0 spiro atoms. The van der Waals surface area contributed by atoms with Gasteiger partial charge in [-0.15, -0.1) is 0 Å². The van der Waals surface area contributed by atoms with E-state index in [0.29, 0.717) is 39.6 Å². The third-order valence-electron chi connectivity index (χ3n) is 19.2. The van der Waals surface area contributed by atoms with Gasteiger partial charge in [0.15, 0.2) is 0 Å². The van der Waals surface area contributed by atoms with Crippen molar-refractivity contribution in [2.75, 3.05) is 19.6 Å². The van der Waals surface area contributed by atoms with Gasteiger partial charge >= 0.3 is 0 Å². The Kier molecular flexibility index (Phi) is 22.0. The van der Waals surface area contributed by atoms with Crippen LogP contribution in [0.2, 0.25) is 0 Å². The zero-order valence-corrected chi connectivity index (χ0v) is 60.2. The van der Waals surface area contributed by atoms with Crippen LogP contribution in [0.4, 0.5) is 68.2 Å². The summed E-state index contributed by atoms with van der Waals surface area (Å²) in [5.74, 6) is 0. The first-order chi connectivity index (χ1) is 51.5. The quantitative estimate of drug-likeness (QED) is 0.0484. The zero-order valence-electron chi connectivity index (χ0n) is 60.2. The van der Waals surface area contributed by atoms with Crippen LogP contribution in [0, 0.1) is 27.7 Å². The van der Waals surface area contributed by atoms with Crippen LogP contribution in [0.3, 0.4) is 0 Å². The molecule has 14 aromatic rings. The number of benzene rings is 14. The summed E-state index contributed by atoms with van der Waals surface area (Å²) in [6.07, 6.45) is 3.71. The average molecular weight is 1370 g/mol. The molecule has 0 fully saturated rings. The number of aryl methyl sites for hydroxylation is 4. The highest BCUT2D eigenvalue weighted by molar-refractivity contribution is 5.84. The van der Waals surface area contributed by atoms with E-state index < -0.39 is 0 Å². The van der Waals surface area contributed by atoms with E-state index in [1.807, 2.05) is 12.2 Å². The molecule has 0 saturated heterocycles. The maximum Gasteiger partial charge on any atom is 0.0721 e. The average Bonchev–Trinajstić information content (AvgIpc) is 0.805. The van der Waals surface area contributed by atoms with E-state index in [4.69, 9.17) is 14.2 Å². The van der Waals surface area contributed by atoms with Crippen LogP contribution < -0.4 is 19.6 Å². The molecular weight excluding hydrogens is 1280 g/mol. The Bertz CT molecular complexity index is 4790. The molecule has 0 heterocycles. The number of anilines is 12. The normalized spacial score (nSPS) is 11.1. The predicted molar refractivity (Wildman–Crippen MR) is 440 cm³/mol. The van der Waals surface area contributed by atoms with Gasteiger partial charge in [-0.25, -0.2) is 0 Å². The Hall–Kier alpha value is -12.4. The van der Waals surface area contributed by atoms with Gasteiger partial charge < -0.3 is 33.8 Å². The summed E-state index contributed by atoms with van der Waals surface area (Å²) in [6, 6.07) is 122. The summed E-state index contributed by atoms with van der Waals surface area (Å²) in [6.45, 7) is 19.4. The van der Waals surface area contributed by atoms with E-state index in [2.05, 4.69) is 400 Å². The van der Waals surface area contributed by atoms with Gasteiger partial charge in [0.1, 0.15) is 0 Å². The molecule has 0 radical (unpaired) electrons. The molecule has 0 aliphatic heterocycles. The topological polar surface area (TPSA) is 40.7 Å². The molecule has 0 aliphatic carbocycles. The van der Waals surface area contributed by atoms with Crippen LogP contribution in [0.15, 0.2) is 353 Å². The fourth-order valence-corrected chi connectivity index (χ4v) is 13.1. The Balaban J connectivity index is 0.616. The van der Waals surface area contributed by atoms with Gasteiger partial charge in [-0.2, -0.15) is 0 Å². The van der Waals surface area contributed by atoms with Gasteiger partial charge in [0.2, 0.25) is 0 Å². The number of ether oxygens (including phenoxy) is 3. The van der Waals surface area contributed by atoms with Crippen molar-refractivity contribution in [2.45, 2.75) is 67.3 Å². The summed E-state index contributed by atoms with van der Waals surface area (Å²) in [7, 11) is 0. The highest BCUT2D eigenvalue weighted by Crippen LogP contribution is 2.42. The van der Waals surface area contributed by atoms with Gasteiger partial charge in [-0.05, 0) is 240 Å². The molecule has 0 bridgehead atoms. The van der Waals surface area contributed by atoms with E-state index in [1.54, 1.807) is 0 Å². The third-order valence-corrected chi connectivity index (χ3v) is 19.2. The van der Waals surface area contributed by atoms with Crippen LogP contribution in [0.1, 0.15) is 66.8 Å². The first-order valence-electron chi connectivity index (χ1n) is 35.9. The van der Waals surface area contributed by atoms with E-state index in [9.17, 15) is 0 Å². The third kappa shape index (κ3) is 17.4. The van der Waals surface area contributed by atoms with Crippen LogP contribution in [-0.4, -0.2) is 0 Å². The van der Waals surface area contributed by atoms with Crippen molar-refractivity contribution in [3.05, 3.63) is 420 Å². The second kappa shape index (κ2) is 33.2. The van der Waals surface area contributed by atoms with Gasteiger partial charge in [-0.1, -0.05) is 242 Å². The fraction of sp³-hybridized carbons (Fsp3) is 0.102. The lowest BCUT2D eigenvalue weighted by Gasteiger charge is -2.26. The van der Waals surface area contributed by atoms with Crippen molar-refractivity contribution < 1.29 is 14.2 Å². The molecule has 105 heavy (non-hydrogen) atoms. The smallest absolute Gasteiger partial charge is 0.0721 e. The molecule has 0 amide bonds. The second-order valence-corrected chi connectivity index (χ2v) is 26.9. The number of hydrogen-bond acceptors (Lipinski definition) is 7. The maximum absolute atomic E-state index is 6.44. The minimum absolute atomic E-state index is 0.478. The lowest BCUT2D eigenvalue weighted by Crippen LogP contribution is -2.10. The number of rotatable bonds is 28. The Morgan fingerprint density at radius 2 is 0.324 bits per heavy atom. The SMILES string of the molecule is C=Cc1ccc(COCc2ccc(N(c3ccc(C)cc3)c3ccc(-c4ccc(N(c5ccc(C)cc5)c5ccc(COCc6ccc(N(c7ccc(C)cc7)c7ccc(-c8ccc(N(c9ccc(C)cc9)c9ccc(COCc%10ccc(C=C)cc%10)cc9)cc8)cc7)cc6)cc5)cc4)cc3)cc2)cc1. The summed E-state index contributed by atoms with van der Waals surface area (Å²) < 4.78 is 18.7. The monoisotopic (exact) mass is 1370 g/mol. The molecule has 0 saturated carbocycles. The van der Waals surface area contributed by atoms with Crippen molar-refractivity contribution in [1.82, 2.24) is 0 Å². The molecule has 0 N–H and O–H groups in total. The van der Waals surface area contributed by atoms with Gasteiger partial charge in [-0.3, -0.25) is 0 Å². The lowest BCUT2D eigenvalue weighted by molar-refractivity contribution is 0.107. The van der Waals surface area contributed by atoms with E-state index >= 15 is 0 Å². The fourth-order valence-electron chi connectivity index (χ4n) is 13.1. The zero-order chi connectivity index (χ0) is 71.9. The molecule has 14 rings (SSSR count). The van der Waals surface area contributed by atoms with Crippen LogP contribution in [0.25, 0.3) is 34.4 Å². The van der Waals surface area contributed by atoms with Crippen molar-refractivity contribution in [1.29, 1.82) is 0 Å². The molecule has 7 nitrogen and oxygen atoms in total. The van der Waals surface area contributed by atoms with Crippen molar-refractivity contribution >= 4 is 80.4 Å². The minimum Gasteiger partial charge on any atom is -0.372 e. The summed E-state index contributed by atoms with van der Waals surface area (Å²) in [5, 5.41) is 0. The van der Waals surface area contributed by atoms with Crippen molar-refractivity contribution in [2.24, 2.45) is 0 Å². The van der Waals surface area contributed by atoms with Crippen molar-refractivity contribution in [3.8, 4) is 22.3 Å². The highest BCUT2D eigenvalue weighted by atomic mass is 16.5. The molecule has 0 aliphatic rings. The molecule has 0 aromatic heterocycles. The first-order valence-corrected chi connectivity index (χ1v) is 35.9. The maximum atomic E-state index is 6.44. The molecular formula is C98H86N4O3. The summed E-state index contributed by atoms with van der Waals surface area (Å²) in [5.41, 5.74) is 31.3. The summed E-state index contributed by atoms with van der Waals surface area (Å²) in [4.78, 5) is 9.25. The lowest BCUT2D eigenvalue weighted by atomic mass is 10.0. The van der Waals surface area contributed by atoms with Gasteiger partial charge in [0.05, 0.1) is 39.6 Å². The standard InChI is InChI=1S/C98H86N4O3/c1-7-75-17-21-77(22-18-75)65-103-67-79-25-49-91(50-26-79)99(87-41-9-71(3)10-42-87)95-57-33-83(34-58-95)85-37-61-97(62-38-85)101(89-45-13-73(5)14-46-89)93-53-29-81(30-54-93)69-105-70-82-31-55-94(56-32-82)102(90-47-15-74(6)16-48-90)98-63-39-86(40-64-98)84-35-59-96(60-36-84)100(88-43-11-72(4)12-44-88)92-51-27-80(28-52-92)68-104-66-78-23-19-76(8-2)20-24-78/h7-64H,1-2,65-70H2,3-6H3. The van der Waals surface area contributed by atoms with Crippen LogP contribution in [0.5, 0.6) is 0 Å². The second-order valence-electron chi connectivity index (χ2n) is 26.9. The minimum atomic E-state index is 0.478. The number of hydrogen-bond donors (Lipinski definition) is 0. The molecule has 7 heteroatoms. The largest absolute Gasteiger partial charge is 0.372 e. The predicted octanol–water partition coefficient (Wildman–Crippen LogP) is 26.6. The van der Waals surface area contributed by atoms with Crippen LogP contribution in [-0.2, 0) is 53.9 Å². The van der Waals surface area contributed by atoms with E-state index in [1.165, 1.54) is 22.3 Å². The molecule has 14 aromatic carbocycles. The Morgan fingerprint density at radius 1 is 0.190 bits per heavy atom. The molecule has 0 unspecified atom stereocenters. The van der Waals surface area contributed by atoms with E-state index in [-0.39, 0.29) is 0 Å². The first kappa shape index (κ1) is 69.7. The highest BCUT2D eigenvalue weighted by Gasteiger charge is 2.19. The van der Waals surface area contributed by atoms with Gasteiger partial charge in [0.25, 0.3) is 0 Å². The summed E-state index contributed by atoms with van der Waals surface area (Å²) >= 11 is 0. The Labute approximate surface area is 619 Å².